The van der Waals surface area contributed by atoms with Gasteiger partial charge < -0.3 is 5.32 Å². The van der Waals surface area contributed by atoms with E-state index in [1.807, 2.05) is 0 Å². The maximum Gasteiger partial charge on any atom is 0.0491 e. The van der Waals surface area contributed by atoms with Crippen molar-refractivity contribution in [1.82, 2.24) is 0 Å². The van der Waals surface area contributed by atoms with Crippen molar-refractivity contribution in [3.05, 3.63) is 63.6 Å². The fourth-order valence-electron chi connectivity index (χ4n) is 2.13. The molecule has 2 aromatic rings. The summed E-state index contributed by atoms with van der Waals surface area (Å²) in [6.07, 6.45) is 0. The van der Waals surface area contributed by atoms with Crippen LogP contribution in [0.15, 0.2) is 46.9 Å². The fraction of sp³-hybridized carbons (Fsp3) is 0.250. The molecule has 0 aliphatic heterocycles. The number of halogens is 1. The molecule has 0 spiro atoms. The van der Waals surface area contributed by atoms with E-state index in [0.717, 1.165) is 10.2 Å². The smallest absolute Gasteiger partial charge is 0.0491 e. The van der Waals surface area contributed by atoms with Gasteiger partial charge in [-0.3, -0.25) is 0 Å². The van der Waals surface area contributed by atoms with Crippen molar-refractivity contribution in [3.63, 3.8) is 0 Å². The Bertz CT molecular complexity index is 549. The van der Waals surface area contributed by atoms with Gasteiger partial charge in [-0.1, -0.05) is 30.3 Å². The Balaban J connectivity index is 2.24. The molecule has 0 radical (unpaired) electrons. The largest absolute Gasteiger partial charge is 0.378 e. The zero-order chi connectivity index (χ0) is 13.1. The van der Waals surface area contributed by atoms with E-state index in [2.05, 4.69) is 84.5 Å². The van der Waals surface area contributed by atoms with Gasteiger partial charge in [-0.05, 0) is 65.5 Å². The number of benzene rings is 2. The Morgan fingerprint density at radius 1 is 1.06 bits per heavy atom. The monoisotopic (exact) mass is 303 g/mol. The molecule has 0 aromatic heterocycles. The first kappa shape index (κ1) is 13.2. The van der Waals surface area contributed by atoms with Crippen LogP contribution in [0.25, 0.3) is 0 Å². The van der Waals surface area contributed by atoms with Gasteiger partial charge >= 0.3 is 0 Å². The second-order valence-corrected chi connectivity index (χ2v) is 5.56. The Kier molecular flexibility index (Phi) is 4.07. The van der Waals surface area contributed by atoms with Gasteiger partial charge in [0.2, 0.25) is 0 Å². The maximum atomic E-state index is 3.59. The lowest BCUT2D eigenvalue weighted by Crippen LogP contribution is -2.08. The van der Waals surface area contributed by atoms with Crippen molar-refractivity contribution in [3.8, 4) is 0 Å². The van der Waals surface area contributed by atoms with E-state index >= 15 is 0 Å². The van der Waals surface area contributed by atoms with Gasteiger partial charge in [-0.15, -0.1) is 0 Å². The predicted molar refractivity (Wildman–Crippen MR) is 82.1 cm³/mol. The van der Waals surface area contributed by atoms with Crippen LogP contribution in [-0.2, 0) is 0 Å². The third kappa shape index (κ3) is 2.94. The molecule has 0 amide bonds. The highest BCUT2D eigenvalue weighted by molar-refractivity contribution is 9.10. The van der Waals surface area contributed by atoms with E-state index in [4.69, 9.17) is 0 Å². The molecule has 1 nitrogen and oxygen atoms in total. The number of anilines is 1. The van der Waals surface area contributed by atoms with Crippen LogP contribution in [0.3, 0.4) is 0 Å². The summed E-state index contributed by atoms with van der Waals surface area (Å²) in [5.41, 5.74) is 5.07. The molecular weight excluding hydrogens is 286 g/mol. The quantitative estimate of drug-likeness (QED) is 0.817. The molecule has 94 valence electrons. The molecule has 2 aromatic carbocycles. The molecule has 1 atom stereocenters. The van der Waals surface area contributed by atoms with Gasteiger partial charge in [-0.2, -0.15) is 0 Å². The molecule has 2 heteroatoms. The Labute approximate surface area is 117 Å². The first-order valence-electron chi connectivity index (χ1n) is 6.16. The minimum atomic E-state index is 0.296. The molecule has 1 N–H and O–H groups in total. The average molecular weight is 304 g/mol. The predicted octanol–water partition coefficient (Wildman–Crippen LogP) is 5.24. The van der Waals surface area contributed by atoms with Crippen molar-refractivity contribution in [2.75, 3.05) is 5.32 Å². The van der Waals surface area contributed by atoms with Crippen LogP contribution in [0.4, 0.5) is 5.69 Å². The molecular formula is C16H18BrN. The highest BCUT2D eigenvalue weighted by Gasteiger charge is 2.09. The second-order valence-electron chi connectivity index (χ2n) is 4.71. The molecule has 0 aliphatic rings. The van der Waals surface area contributed by atoms with Crippen molar-refractivity contribution in [2.24, 2.45) is 0 Å². The third-order valence-corrected chi connectivity index (χ3v) is 3.84. The summed E-state index contributed by atoms with van der Waals surface area (Å²) in [6.45, 7) is 6.45. The summed E-state index contributed by atoms with van der Waals surface area (Å²) in [6, 6.07) is 15.1. The molecule has 0 saturated heterocycles. The minimum absolute atomic E-state index is 0.296. The van der Waals surface area contributed by atoms with Crippen LogP contribution in [0.2, 0.25) is 0 Å². The molecule has 0 heterocycles. The molecule has 0 fully saturated rings. The van der Waals surface area contributed by atoms with Gasteiger partial charge in [0.1, 0.15) is 0 Å². The van der Waals surface area contributed by atoms with E-state index in [-0.39, 0.29) is 0 Å². The van der Waals surface area contributed by atoms with E-state index in [0.29, 0.717) is 6.04 Å². The number of hydrogen-bond acceptors (Lipinski definition) is 1. The second kappa shape index (κ2) is 5.57. The number of rotatable bonds is 3. The molecule has 1 unspecified atom stereocenters. The molecule has 0 bridgehead atoms. The SMILES string of the molecule is Cc1ccc(Br)c(NC(C)c2ccccc2C)c1. The van der Waals surface area contributed by atoms with Crippen molar-refractivity contribution in [1.29, 1.82) is 0 Å². The Morgan fingerprint density at radius 3 is 2.50 bits per heavy atom. The first-order chi connectivity index (χ1) is 8.58. The highest BCUT2D eigenvalue weighted by atomic mass is 79.9. The summed E-state index contributed by atoms with van der Waals surface area (Å²) >= 11 is 3.59. The standard InChI is InChI=1S/C16H18BrN/c1-11-8-9-15(17)16(10-11)18-13(3)14-7-5-4-6-12(14)2/h4-10,13,18H,1-3H3. The first-order valence-corrected chi connectivity index (χ1v) is 6.95. The van der Waals surface area contributed by atoms with Gasteiger partial charge in [0.05, 0.1) is 0 Å². The van der Waals surface area contributed by atoms with Gasteiger partial charge in [0, 0.05) is 16.2 Å². The fourth-order valence-corrected chi connectivity index (χ4v) is 2.49. The maximum absolute atomic E-state index is 3.59. The third-order valence-electron chi connectivity index (χ3n) is 3.15. The molecule has 0 saturated carbocycles. The van der Waals surface area contributed by atoms with Crippen molar-refractivity contribution >= 4 is 21.6 Å². The average Bonchev–Trinajstić information content (AvgIpc) is 2.34. The van der Waals surface area contributed by atoms with E-state index in [1.54, 1.807) is 0 Å². The van der Waals surface area contributed by atoms with E-state index < -0.39 is 0 Å². The summed E-state index contributed by atoms with van der Waals surface area (Å²) in [5, 5.41) is 3.56. The number of aryl methyl sites for hydroxylation is 2. The summed E-state index contributed by atoms with van der Waals surface area (Å²) < 4.78 is 1.11. The summed E-state index contributed by atoms with van der Waals surface area (Å²) in [7, 11) is 0. The van der Waals surface area contributed by atoms with Crippen LogP contribution < -0.4 is 5.32 Å². The number of hydrogen-bond donors (Lipinski definition) is 1. The lowest BCUT2D eigenvalue weighted by molar-refractivity contribution is 0.873. The highest BCUT2D eigenvalue weighted by Crippen LogP contribution is 2.28. The van der Waals surface area contributed by atoms with Crippen LogP contribution >= 0.6 is 15.9 Å². The van der Waals surface area contributed by atoms with E-state index in [9.17, 15) is 0 Å². The van der Waals surface area contributed by atoms with E-state index in [1.165, 1.54) is 16.7 Å². The van der Waals surface area contributed by atoms with Crippen molar-refractivity contribution in [2.45, 2.75) is 26.8 Å². The normalized spacial score (nSPS) is 12.2. The van der Waals surface area contributed by atoms with Gasteiger partial charge in [-0.25, -0.2) is 0 Å². The Morgan fingerprint density at radius 2 is 1.78 bits per heavy atom. The minimum Gasteiger partial charge on any atom is -0.378 e. The lowest BCUT2D eigenvalue weighted by Gasteiger charge is -2.19. The zero-order valence-electron chi connectivity index (χ0n) is 11.0. The summed E-state index contributed by atoms with van der Waals surface area (Å²) in [4.78, 5) is 0. The Hall–Kier alpha value is -1.28. The van der Waals surface area contributed by atoms with Gasteiger partial charge in [0.15, 0.2) is 0 Å². The van der Waals surface area contributed by atoms with Crippen LogP contribution in [-0.4, -0.2) is 0 Å². The van der Waals surface area contributed by atoms with Crippen LogP contribution in [0.1, 0.15) is 29.7 Å². The van der Waals surface area contributed by atoms with Crippen LogP contribution in [0, 0.1) is 13.8 Å². The van der Waals surface area contributed by atoms with Crippen molar-refractivity contribution < 1.29 is 0 Å². The molecule has 2 rings (SSSR count). The topological polar surface area (TPSA) is 12.0 Å². The number of nitrogens with one attached hydrogen (secondary N) is 1. The molecule has 18 heavy (non-hydrogen) atoms. The zero-order valence-corrected chi connectivity index (χ0v) is 12.6. The lowest BCUT2D eigenvalue weighted by atomic mass is 10.0. The molecule has 0 aliphatic carbocycles. The van der Waals surface area contributed by atoms with Gasteiger partial charge in [0.25, 0.3) is 0 Å². The van der Waals surface area contributed by atoms with Crippen LogP contribution in [0.5, 0.6) is 0 Å². The summed E-state index contributed by atoms with van der Waals surface area (Å²) in [5.74, 6) is 0.